The summed E-state index contributed by atoms with van der Waals surface area (Å²) in [5.74, 6) is -0.00296. The summed E-state index contributed by atoms with van der Waals surface area (Å²) in [7, 11) is 0. The van der Waals surface area contributed by atoms with Gasteiger partial charge in [0, 0.05) is 6.42 Å². The second-order valence-corrected chi connectivity index (χ2v) is 7.09. The van der Waals surface area contributed by atoms with Crippen LogP contribution in [0.2, 0.25) is 0 Å². The molecule has 0 bridgehead atoms. The van der Waals surface area contributed by atoms with Gasteiger partial charge in [0.05, 0.1) is 0 Å². The Morgan fingerprint density at radius 1 is 0.724 bits per heavy atom. The van der Waals surface area contributed by atoms with Gasteiger partial charge in [-0.2, -0.15) is 0 Å². The minimum Gasteiger partial charge on any atom is -0.489 e. The molecule has 1 N–H and O–H groups in total. The van der Waals surface area contributed by atoms with Gasteiger partial charge in [-0.25, -0.2) is 0 Å². The highest BCUT2D eigenvalue weighted by Gasteiger charge is 2.03. The number of ether oxygens (including phenoxy) is 1. The van der Waals surface area contributed by atoms with Gasteiger partial charge in [-0.15, -0.1) is 0 Å². The third-order valence-corrected chi connectivity index (χ3v) is 4.97. The molecule has 4 aromatic rings. The predicted octanol–water partition coefficient (Wildman–Crippen LogP) is 6.10. The lowest BCUT2D eigenvalue weighted by molar-refractivity contribution is -0.136. The molecule has 0 saturated carbocycles. The van der Waals surface area contributed by atoms with Gasteiger partial charge in [-0.05, 0) is 63.7 Å². The number of aliphatic carboxylic acids is 1. The van der Waals surface area contributed by atoms with Crippen molar-refractivity contribution >= 4 is 16.7 Å². The fraction of sp³-hybridized carbons (Fsp3) is 0.115. The first kappa shape index (κ1) is 18.8. The molecule has 0 aliphatic rings. The van der Waals surface area contributed by atoms with Crippen LogP contribution in [-0.4, -0.2) is 11.1 Å². The number of carbonyl (C=O) groups is 1. The zero-order chi connectivity index (χ0) is 20.1. The van der Waals surface area contributed by atoms with Crippen LogP contribution >= 0.6 is 0 Å². The lowest BCUT2D eigenvalue weighted by atomic mass is 10.00. The Hall–Kier alpha value is -3.59. The molecule has 0 unspecified atom stereocenters. The third-order valence-electron chi connectivity index (χ3n) is 4.97. The van der Waals surface area contributed by atoms with E-state index in [9.17, 15) is 4.79 Å². The van der Waals surface area contributed by atoms with Crippen LogP contribution < -0.4 is 4.74 Å². The Bertz CT molecular complexity index is 1130. The summed E-state index contributed by atoms with van der Waals surface area (Å²) in [6.45, 7) is 0.482. The highest BCUT2D eigenvalue weighted by atomic mass is 16.5. The van der Waals surface area contributed by atoms with Gasteiger partial charge in [0.25, 0.3) is 0 Å². The maximum atomic E-state index is 10.7. The van der Waals surface area contributed by atoms with Gasteiger partial charge in [0.1, 0.15) is 12.4 Å². The van der Waals surface area contributed by atoms with Crippen molar-refractivity contribution in [3.05, 3.63) is 102 Å². The standard InChI is InChI=1S/C26H22O3/c27-26(28)15-10-19-8-13-25(14-9-19)29-18-20-4-3-7-22(16-20)24-12-11-21-5-1-2-6-23(21)17-24/h1-9,11-14,16-17H,10,15,18H2,(H,27,28). The van der Waals surface area contributed by atoms with Crippen molar-refractivity contribution < 1.29 is 14.6 Å². The van der Waals surface area contributed by atoms with E-state index in [1.165, 1.54) is 21.9 Å². The molecule has 144 valence electrons. The quantitative estimate of drug-likeness (QED) is 0.420. The van der Waals surface area contributed by atoms with E-state index >= 15 is 0 Å². The first-order valence-corrected chi connectivity index (χ1v) is 9.69. The average molecular weight is 382 g/mol. The zero-order valence-corrected chi connectivity index (χ0v) is 16.0. The van der Waals surface area contributed by atoms with Crippen LogP contribution in [0.25, 0.3) is 21.9 Å². The number of aryl methyl sites for hydroxylation is 1. The van der Waals surface area contributed by atoms with Crippen LogP contribution in [0, 0.1) is 0 Å². The number of benzene rings is 4. The van der Waals surface area contributed by atoms with Gasteiger partial charge in [-0.1, -0.05) is 66.7 Å². The van der Waals surface area contributed by atoms with Crippen molar-refractivity contribution in [1.82, 2.24) is 0 Å². The molecule has 3 heteroatoms. The number of rotatable bonds is 7. The van der Waals surface area contributed by atoms with E-state index in [0.29, 0.717) is 13.0 Å². The summed E-state index contributed by atoms with van der Waals surface area (Å²) in [6, 6.07) is 30.9. The average Bonchev–Trinajstić information content (AvgIpc) is 2.77. The van der Waals surface area contributed by atoms with E-state index in [0.717, 1.165) is 16.9 Å². The monoisotopic (exact) mass is 382 g/mol. The number of fused-ring (bicyclic) bond motifs is 1. The molecular formula is C26H22O3. The summed E-state index contributed by atoms with van der Waals surface area (Å²) in [5, 5.41) is 11.2. The maximum Gasteiger partial charge on any atom is 0.303 e. The molecular weight excluding hydrogens is 360 g/mol. The summed E-state index contributed by atoms with van der Waals surface area (Å²) >= 11 is 0. The fourth-order valence-electron chi connectivity index (χ4n) is 3.38. The van der Waals surface area contributed by atoms with Gasteiger partial charge in [-0.3, -0.25) is 4.79 Å². The molecule has 4 aromatic carbocycles. The summed E-state index contributed by atoms with van der Waals surface area (Å²) in [5.41, 5.74) is 4.46. The van der Waals surface area contributed by atoms with Crippen molar-refractivity contribution in [3.63, 3.8) is 0 Å². The largest absolute Gasteiger partial charge is 0.489 e. The smallest absolute Gasteiger partial charge is 0.303 e. The summed E-state index contributed by atoms with van der Waals surface area (Å²) in [4.78, 5) is 10.7. The lowest BCUT2D eigenvalue weighted by Gasteiger charge is -2.09. The Kier molecular flexibility index (Phi) is 5.57. The van der Waals surface area contributed by atoms with Gasteiger partial charge < -0.3 is 9.84 Å². The van der Waals surface area contributed by atoms with Crippen LogP contribution in [0.3, 0.4) is 0 Å². The first-order chi connectivity index (χ1) is 14.2. The van der Waals surface area contributed by atoms with E-state index in [-0.39, 0.29) is 6.42 Å². The minimum atomic E-state index is -0.781. The van der Waals surface area contributed by atoms with Crippen molar-refractivity contribution in [2.75, 3.05) is 0 Å². The highest BCUT2D eigenvalue weighted by Crippen LogP contribution is 2.25. The second-order valence-electron chi connectivity index (χ2n) is 7.09. The van der Waals surface area contributed by atoms with Crippen LogP contribution in [-0.2, 0) is 17.8 Å². The van der Waals surface area contributed by atoms with Gasteiger partial charge in [0.15, 0.2) is 0 Å². The minimum absolute atomic E-state index is 0.141. The third kappa shape index (κ3) is 4.82. The molecule has 0 aliphatic carbocycles. The molecule has 29 heavy (non-hydrogen) atoms. The van der Waals surface area contributed by atoms with Crippen molar-refractivity contribution in [3.8, 4) is 16.9 Å². The normalized spacial score (nSPS) is 10.8. The van der Waals surface area contributed by atoms with Crippen molar-refractivity contribution in [2.24, 2.45) is 0 Å². The van der Waals surface area contributed by atoms with Crippen molar-refractivity contribution in [1.29, 1.82) is 0 Å². The molecule has 0 fully saturated rings. The highest BCUT2D eigenvalue weighted by molar-refractivity contribution is 5.87. The van der Waals surface area contributed by atoms with Crippen LogP contribution in [0.15, 0.2) is 91.0 Å². The van der Waals surface area contributed by atoms with Crippen LogP contribution in [0.1, 0.15) is 17.5 Å². The van der Waals surface area contributed by atoms with E-state index in [1.54, 1.807) is 0 Å². The Morgan fingerprint density at radius 3 is 2.28 bits per heavy atom. The SMILES string of the molecule is O=C(O)CCc1ccc(OCc2cccc(-c3ccc4ccccc4c3)c2)cc1. The summed E-state index contributed by atoms with van der Waals surface area (Å²) < 4.78 is 5.92. The second kappa shape index (κ2) is 8.61. The molecule has 0 spiro atoms. The molecule has 0 atom stereocenters. The fourth-order valence-corrected chi connectivity index (χ4v) is 3.38. The Balaban J connectivity index is 1.44. The van der Waals surface area contributed by atoms with E-state index in [2.05, 4.69) is 66.7 Å². The van der Waals surface area contributed by atoms with Gasteiger partial charge in [0.2, 0.25) is 0 Å². The topological polar surface area (TPSA) is 46.5 Å². The van der Waals surface area contributed by atoms with Crippen molar-refractivity contribution in [2.45, 2.75) is 19.4 Å². The molecule has 0 aliphatic heterocycles. The number of carboxylic acid groups (broad SMARTS) is 1. The molecule has 4 rings (SSSR count). The van der Waals surface area contributed by atoms with Crippen LogP contribution in [0.4, 0.5) is 0 Å². The number of hydrogen-bond donors (Lipinski definition) is 1. The Labute approximate surface area is 170 Å². The predicted molar refractivity (Wildman–Crippen MR) is 116 cm³/mol. The maximum absolute atomic E-state index is 10.7. The number of carboxylic acids is 1. The molecule has 0 heterocycles. The van der Waals surface area contributed by atoms with E-state index < -0.39 is 5.97 Å². The first-order valence-electron chi connectivity index (χ1n) is 9.69. The molecule has 3 nitrogen and oxygen atoms in total. The van der Waals surface area contributed by atoms with E-state index in [4.69, 9.17) is 9.84 Å². The molecule has 0 saturated heterocycles. The molecule has 0 radical (unpaired) electrons. The van der Waals surface area contributed by atoms with Crippen LogP contribution in [0.5, 0.6) is 5.75 Å². The van der Waals surface area contributed by atoms with Gasteiger partial charge >= 0.3 is 5.97 Å². The summed E-state index contributed by atoms with van der Waals surface area (Å²) in [6.07, 6.45) is 0.672. The van der Waals surface area contributed by atoms with E-state index in [1.807, 2.05) is 24.3 Å². The Morgan fingerprint density at radius 2 is 1.48 bits per heavy atom. The molecule has 0 amide bonds. The number of hydrogen-bond acceptors (Lipinski definition) is 2. The molecule has 0 aromatic heterocycles. The zero-order valence-electron chi connectivity index (χ0n) is 16.0. The lowest BCUT2D eigenvalue weighted by Crippen LogP contribution is -1.98.